The van der Waals surface area contributed by atoms with Gasteiger partial charge in [0.05, 0.1) is 12.4 Å². The molecule has 1 aromatic heterocycles. The Labute approximate surface area is 124 Å². The predicted octanol–water partition coefficient (Wildman–Crippen LogP) is 2.54. The molecular formula is C16H20N4O. The molecule has 0 saturated heterocycles. The van der Waals surface area contributed by atoms with Crippen LogP contribution in [-0.4, -0.2) is 22.4 Å². The van der Waals surface area contributed by atoms with E-state index in [0.29, 0.717) is 24.6 Å². The van der Waals surface area contributed by atoms with Crippen LogP contribution in [0.2, 0.25) is 0 Å². The van der Waals surface area contributed by atoms with E-state index >= 15 is 0 Å². The summed E-state index contributed by atoms with van der Waals surface area (Å²) in [5.74, 6) is 0.469. The number of nitrogens with one attached hydrogen (secondary N) is 2. The van der Waals surface area contributed by atoms with Crippen molar-refractivity contribution in [2.24, 2.45) is 0 Å². The molecule has 0 aliphatic heterocycles. The zero-order chi connectivity index (χ0) is 15.1. The Morgan fingerprint density at radius 1 is 1.14 bits per heavy atom. The summed E-state index contributed by atoms with van der Waals surface area (Å²) >= 11 is 0. The summed E-state index contributed by atoms with van der Waals surface area (Å²) < 4.78 is 0. The molecule has 2 rings (SSSR count). The van der Waals surface area contributed by atoms with Gasteiger partial charge in [0.1, 0.15) is 11.5 Å². The number of rotatable bonds is 6. The van der Waals surface area contributed by atoms with E-state index in [1.807, 2.05) is 6.92 Å². The van der Waals surface area contributed by atoms with Crippen molar-refractivity contribution >= 4 is 11.7 Å². The van der Waals surface area contributed by atoms with Gasteiger partial charge in [0.15, 0.2) is 0 Å². The van der Waals surface area contributed by atoms with Gasteiger partial charge >= 0.3 is 0 Å². The van der Waals surface area contributed by atoms with E-state index in [4.69, 9.17) is 0 Å². The molecule has 0 fully saturated rings. The van der Waals surface area contributed by atoms with Gasteiger partial charge in [0.25, 0.3) is 5.91 Å². The molecule has 5 heteroatoms. The van der Waals surface area contributed by atoms with Gasteiger partial charge < -0.3 is 10.6 Å². The summed E-state index contributed by atoms with van der Waals surface area (Å²) in [7, 11) is 0. The van der Waals surface area contributed by atoms with Crippen LogP contribution in [0.3, 0.4) is 0 Å². The lowest BCUT2D eigenvalue weighted by Gasteiger charge is -2.07. The lowest BCUT2D eigenvalue weighted by Crippen LogP contribution is -2.25. The Hall–Kier alpha value is -2.43. The summed E-state index contributed by atoms with van der Waals surface area (Å²) in [4.78, 5) is 20.0. The van der Waals surface area contributed by atoms with E-state index in [1.165, 1.54) is 17.3 Å². The summed E-state index contributed by atoms with van der Waals surface area (Å²) in [6, 6.07) is 8.29. The maximum atomic E-state index is 11.7. The third-order valence-corrected chi connectivity index (χ3v) is 3.01. The molecule has 1 aromatic carbocycles. The van der Waals surface area contributed by atoms with Crippen LogP contribution in [-0.2, 0) is 6.54 Å². The van der Waals surface area contributed by atoms with Crippen LogP contribution in [0.15, 0.2) is 36.7 Å². The molecule has 0 spiro atoms. The van der Waals surface area contributed by atoms with Crippen LogP contribution in [0.25, 0.3) is 0 Å². The highest BCUT2D eigenvalue weighted by atomic mass is 16.1. The lowest BCUT2D eigenvalue weighted by atomic mass is 10.1. The fourth-order valence-corrected chi connectivity index (χ4v) is 1.76. The Balaban J connectivity index is 1.90. The molecule has 0 saturated carbocycles. The second kappa shape index (κ2) is 7.38. The minimum Gasteiger partial charge on any atom is -0.365 e. The van der Waals surface area contributed by atoms with E-state index in [-0.39, 0.29) is 5.91 Å². The largest absolute Gasteiger partial charge is 0.365 e. The molecular weight excluding hydrogens is 264 g/mol. The number of anilines is 1. The highest BCUT2D eigenvalue weighted by Gasteiger charge is 2.06. The van der Waals surface area contributed by atoms with E-state index in [0.717, 1.165) is 6.42 Å². The topological polar surface area (TPSA) is 66.9 Å². The molecule has 0 aliphatic rings. The van der Waals surface area contributed by atoms with Gasteiger partial charge in [0, 0.05) is 13.1 Å². The average molecular weight is 284 g/mol. The molecule has 0 unspecified atom stereocenters. The molecule has 0 bridgehead atoms. The monoisotopic (exact) mass is 284 g/mol. The van der Waals surface area contributed by atoms with Crippen molar-refractivity contribution in [3.8, 4) is 0 Å². The summed E-state index contributed by atoms with van der Waals surface area (Å²) in [5, 5.41) is 5.95. The van der Waals surface area contributed by atoms with Crippen LogP contribution in [0.5, 0.6) is 0 Å². The van der Waals surface area contributed by atoms with Crippen LogP contribution in [0, 0.1) is 6.92 Å². The zero-order valence-corrected chi connectivity index (χ0v) is 12.4. The molecule has 21 heavy (non-hydrogen) atoms. The van der Waals surface area contributed by atoms with Crippen molar-refractivity contribution in [3.05, 3.63) is 53.5 Å². The minimum atomic E-state index is -0.186. The summed E-state index contributed by atoms with van der Waals surface area (Å²) in [6.07, 6.45) is 3.97. The van der Waals surface area contributed by atoms with E-state index in [9.17, 15) is 4.79 Å². The smallest absolute Gasteiger partial charge is 0.271 e. The average Bonchev–Trinajstić information content (AvgIpc) is 2.52. The number of hydrogen-bond donors (Lipinski definition) is 2. The molecule has 5 nitrogen and oxygen atoms in total. The SMILES string of the molecule is CCCNC(=O)c1cnc(NCc2ccc(C)cc2)cn1. The Morgan fingerprint density at radius 2 is 1.90 bits per heavy atom. The number of nitrogens with zero attached hydrogens (tertiary/aromatic N) is 2. The highest BCUT2D eigenvalue weighted by molar-refractivity contribution is 5.91. The van der Waals surface area contributed by atoms with Gasteiger partial charge in [-0.2, -0.15) is 0 Å². The van der Waals surface area contributed by atoms with Crippen molar-refractivity contribution < 1.29 is 4.79 Å². The molecule has 1 amide bonds. The van der Waals surface area contributed by atoms with Gasteiger partial charge in [-0.15, -0.1) is 0 Å². The number of aromatic nitrogens is 2. The predicted molar refractivity (Wildman–Crippen MR) is 83.2 cm³/mol. The van der Waals surface area contributed by atoms with Gasteiger partial charge in [-0.05, 0) is 18.9 Å². The van der Waals surface area contributed by atoms with Crippen molar-refractivity contribution in [2.45, 2.75) is 26.8 Å². The first kappa shape index (κ1) is 15.0. The van der Waals surface area contributed by atoms with Crippen LogP contribution in [0.4, 0.5) is 5.82 Å². The van der Waals surface area contributed by atoms with Crippen LogP contribution < -0.4 is 10.6 Å². The minimum absolute atomic E-state index is 0.186. The first-order valence-electron chi connectivity index (χ1n) is 7.08. The van der Waals surface area contributed by atoms with Crippen molar-refractivity contribution in [1.29, 1.82) is 0 Å². The van der Waals surface area contributed by atoms with Crippen LogP contribution >= 0.6 is 0 Å². The quantitative estimate of drug-likeness (QED) is 0.855. The van der Waals surface area contributed by atoms with Crippen molar-refractivity contribution in [3.63, 3.8) is 0 Å². The fraction of sp³-hybridized carbons (Fsp3) is 0.312. The zero-order valence-electron chi connectivity index (χ0n) is 12.4. The molecule has 0 atom stereocenters. The highest BCUT2D eigenvalue weighted by Crippen LogP contribution is 2.07. The van der Waals surface area contributed by atoms with Gasteiger partial charge in [-0.1, -0.05) is 36.8 Å². The Bertz CT molecular complexity index is 578. The summed E-state index contributed by atoms with van der Waals surface area (Å²) in [6.45, 7) is 5.39. The summed E-state index contributed by atoms with van der Waals surface area (Å²) in [5.41, 5.74) is 2.75. The lowest BCUT2D eigenvalue weighted by molar-refractivity contribution is 0.0948. The molecule has 1 heterocycles. The third-order valence-electron chi connectivity index (χ3n) is 3.01. The Morgan fingerprint density at radius 3 is 2.52 bits per heavy atom. The molecule has 2 N–H and O–H groups in total. The maximum Gasteiger partial charge on any atom is 0.271 e. The van der Waals surface area contributed by atoms with Crippen molar-refractivity contribution in [1.82, 2.24) is 15.3 Å². The van der Waals surface area contributed by atoms with Gasteiger partial charge in [-0.3, -0.25) is 4.79 Å². The molecule has 2 aromatic rings. The normalized spacial score (nSPS) is 10.2. The second-order valence-corrected chi connectivity index (χ2v) is 4.88. The standard InChI is InChI=1S/C16H20N4O/c1-3-8-17-16(21)14-10-20-15(11-18-14)19-9-13-6-4-12(2)5-7-13/h4-7,10-11H,3,8-9H2,1-2H3,(H,17,21)(H,19,20). The first-order valence-corrected chi connectivity index (χ1v) is 7.08. The van der Waals surface area contributed by atoms with E-state index in [2.05, 4.69) is 51.8 Å². The third kappa shape index (κ3) is 4.56. The maximum absolute atomic E-state index is 11.7. The van der Waals surface area contributed by atoms with Crippen molar-refractivity contribution in [2.75, 3.05) is 11.9 Å². The molecule has 110 valence electrons. The number of carbonyl (C=O) groups excluding carboxylic acids is 1. The van der Waals surface area contributed by atoms with Crippen LogP contribution in [0.1, 0.15) is 35.0 Å². The second-order valence-electron chi connectivity index (χ2n) is 4.88. The number of carbonyl (C=O) groups is 1. The number of hydrogen-bond acceptors (Lipinski definition) is 4. The fourth-order valence-electron chi connectivity index (χ4n) is 1.76. The van der Waals surface area contributed by atoms with Gasteiger partial charge in [0.2, 0.25) is 0 Å². The number of benzene rings is 1. The first-order chi connectivity index (χ1) is 10.2. The molecule has 0 radical (unpaired) electrons. The number of aryl methyl sites for hydroxylation is 1. The molecule has 0 aliphatic carbocycles. The van der Waals surface area contributed by atoms with E-state index < -0.39 is 0 Å². The van der Waals surface area contributed by atoms with Gasteiger partial charge in [-0.25, -0.2) is 9.97 Å². The van der Waals surface area contributed by atoms with E-state index in [1.54, 1.807) is 6.20 Å². The number of amides is 1. The Kier molecular flexibility index (Phi) is 5.26.